The minimum Gasteiger partial charge on any atom is -0.383 e. The topological polar surface area (TPSA) is 92.8 Å². The quantitative estimate of drug-likeness (QED) is 0.642. The zero-order chi connectivity index (χ0) is 17.7. The van der Waals surface area contributed by atoms with Crippen molar-refractivity contribution < 1.29 is 9.53 Å². The van der Waals surface area contributed by atoms with Gasteiger partial charge in [-0.25, -0.2) is 0 Å². The van der Waals surface area contributed by atoms with Crippen LogP contribution in [0.1, 0.15) is 29.9 Å². The molecule has 1 N–H and O–H groups in total. The molecule has 1 atom stereocenters. The summed E-state index contributed by atoms with van der Waals surface area (Å²) in [5.74, 6) is -0.496. The van der Waals surface area contributed by atoms with Gasteiger partial charge < -0.3 is 9.30 Å². The molecule has 24 heavy (non-hydrogen) atoms. The van der Waals surface area contributed by atoms with Crippen LogP contribution in [0.5, 0.6) is 0 Å². The first-order valence-electron chi connectivity index (χ1n) is 7.34. The Hall–Kier alpha value is -2.50. The van der Waals surface area contributed by atoms with E-state index in [0.717, 1.165) is 17.0 Å². The normalized spacial score (nSPS) is 12.7. The van der Waals surface area contributed by atoms with E-state index in [4.69, 9.17) is 4.74 Å². The Morgan fingerprint density at radius 1 is 1.58 bits per heavy atom. The van der Waals surface area contributed by atoms with Gasteiger partial charge in [-0.05, 0) is 38.5 Å². The van der Waals surface area contributed by atoms with Crippen LogP contribution < -0.4 is 5.32 Å². The summed E-state index contributed by atoms with van der Waals surface area (Å²) in [6.45, 7) is 6.60. The molecule has 7 nitrogen and oxygen atoms in total. The Balaban J connectivity index is 2.30. The Morgan fingerprint density at radius 2 is 2.33 bits per heavy atom. The number of carbonyl (C=O) groups excluding carboxylic acids is 1. The number of rotatable bonds is 6. The average molecular weight is 345 g/mol. The molecule has 0 saturated heterocycles. The Labute approximate surface area is 144 Å². The Bertz CT molecular complexity index is 786. The molecule has 0 aliphatic rings. The third-order valence-electron chi connectivity index (χ3n) is 3.62. The number of hydrogen-bond donors (Lipinski definition) is 1. The van der Waals surface area contributed by atoms with E-state index in [2.05, 4.69) is 27.0 Å². The summed E-state index contributed by atoms with van der Waals surface area (Å²) in [4.78, 5) is 12.2. The van der Waals surface area contributed by atoms with Gasteiger partial charge >= 0.3 is 0 Å². The molecule has 0 spiro atoms. The van der Waals surface area contributed by atoms with Gasteiger partial charge in [0.05, 0.1) is 12.6 Å². The molecule has 0 fully saturated rings. The van der Waals surface area contributed by atoms with Crippen LogP contribution in [0.15, 0.2) is 17.2 Å². The molecule has 0 aromatic carbocycles. The second kappa shape index (κ2) is 7.86. The zero-order valence-electron chi connectivity index (χ0n) is 14.0. The number of nitrogens with one attached hydrogen (secondary N) is 1. The average Bonchev–Trinajstić information content (AvgIpc) is 3.13. The first-order chi connectivity index (χ1) is 11.5. The minimum absolute atomic E-state index is 0.0184. The van der Waals surface area contributed by atoms with Crippen LogP contribution in [0.25, 0.3) is 6.08 Å². The number of anilines is 1. The van der Waals surface area contributed by atoms with Crippen molar-refractivity contribution >= 4 is 28.5 Å². The predicted octanol–water partition coefficient (Wildman–Crippen LogP) is 2.71. The SMILES string of the molecule is COCC(C)n1c(C)cc(/C=C(\C#N)C(=O)Nc2nncs2)c1C. The molecule has 1 unspecified atom stereocenters. The number of hydrogen-bond acceptors (Lipinski definition) is 6. The summed E-state index contributed by atoms with van der Waals surface area (Å²) in [5.41, 5.74) is 4.39. The van der Waals surface area contributed by atoms with E-state index in [1.54, 1.807) is 13.2 Å². The summed E-state index contributed by atoms with van der Waals surface area (Å²) in [5, 5.41) is 19.6. The number of nitriles is 1. The molecule has 0 aliphatic carbocycles. The molecule has 2 heterocycles. The van der Waals surface area contributed by atoms with Crippen molar-refractivity contribution in [2.45, 2.75) is 26.8 Å². The van der Waals surface area contributed by atoms with Crippen LogP contribution in [0.2, 0.25) is 0 Å². The fourth-order valence-corrected chi connectivity index (χ4v) is 3.08. The maximum atomic E-state index is 12.2. The number of aromatic nitrogens is 3. The fraction of sp³-hybridized carbons (Fsp3) is 0.375. The van der Waals surface area contributed by atoms with Crippen LogP contribution in [0, 0.1) is 25.2 Å². The summed E-state index contributed by atoms with van der Waals surface area (Å²) >= 11 is 1.20. The maximum absolute atomic E-state index is 12.2. The van der Waals surface area contributed by atoms with Crippen molar-refractivity contribution in [1.82, 2.24) is 14.8 Å². The fourth-order valence-electron chi connectivity index (χ4n) is 2.64. The van der Waals surface area contributed by atoms with Gasteiger partial charge in [0.2, 0.25) is 5.13 Å². The van der Waals surface area contributed by atoms with Gasteiger partial charge in [-0.15, -0.1) is 10.2 Å². The van der Waals surface area contributed by atoms with Gasteiger partial charge in [-0.2, -0.15) is 5.26 Å². The highest BCUT2D eigenvalue weighted by molar-refractivity contribution is 7.13. The molecule has 2 aromatic heterocycles. The van der Waals surface area contributed by atoms with Gasteiger partial charge in [-0.3, -0.25) is 10.1 Å². The monoisotopic (exact) mass is 345 g/mol. The first-order valence-corrected chi connectivity index (χ1v) is 8.22. The van der Waals surface area contributed by atoms with Gasteiger partial charge in [0.25, 0.3) is 5.91 Å². The summed E-state index contributed by atoms with van der Waals surface area (Å²) in [6.07, 6.45) is 1.59. The largest absolute Gasteiger partial charge is 0.383 e. The number of nitrogens with zero attached hydrogens (tertiary/aromatic N) is 4. The predicted molar refractivity (Wildman–Crippen MR) is 92.6 cm³/mol. The van der Waals surface area contributed by atoms with Crippen molar-refractivity contribution in [3.8, 4) is 6.07 Å². The van der Waals surface area contributed by atoms with Crippen molar-refractivity contribution in [3.05, 3.63) is 34.1 Å². The molecular formula is C16H19N5O2S. The van der Waals surface area contributed by atoms with Crippen molar-refractivity contribution in [3.63, 3.8) is 0 Å². The van der Waals surface area contributed by atoms with Crippen LogP contribution in [0.4, 0.5) is 5.13 Å². The molecule has 8 heteroatoms. The van der Waals surface area contributed by atoms with E-state index < -0.39 is 5.91 Å². The van der Waals surface area contributed by atoms with E-state index in [-0.39, 0.29) is 11.6 Å². The molecule has 2 rings (SSSR count). The third kappa shape index (κ3) is 3.88. The van der Waals surface area contributed by atoms with E-state index in [1.165, 1.54) is 16.8 Å². The number of carbonyl (C=O) groups is 1. The molecule has 126 valence electrons. The van der Waals surface area contributed by atoms with Gasteiger partial charge in [0.15, 0.2) is 0 Å². The smallest absolute Gasteiger partial charge is 0.268 e. The number of ether oxygens (including phenoxy) is 1. The van der Waals surface area contributed by atoms with Gasteiger partial charge in [-0.1, -0.05) is 11.3 Å². The molecule has 0 saturated carbocycles. The van der Waals surface area contributed by atoms with Crippen LogP contribution in [-0.2, 0) is 9.53 Å². The Kier molecular flexibility index (Phi) is 5.84. The summed E-state index contributed by atoms with van der Waals surface area (Å²) < 4.78 is 7.34. The molecule has 0 aliphatic heterocycles. The van der Waals surface area contributed by atoms with E-state index in [0.29, 0.717) is 11.7 Å². The highest BCUT2D eigenvalue weighted by Crippen LogP contribution is 2.23. The molecule has 1 amide bonds. The van der Waals surface area contributed by atoms with Gasteiger partial charge in [0, 0.05) is 18.5 Å². The minimum atomic E-state index is -0.496. The van der Waals surface area contributed by atoms with Gasteiger partial charge in [0.1, 0.15) is 17.2 Å². The van der Waals surface area contributed by atoms with Crippen molar-refractivity contribution in [1.29, 1.82) is 5.26 Å². The zero-order valence-corrected chi connectivity index (χ0v) is 14.8. The van der Waals surface area contributed by atoms with Crippen molar-refractivity contribution in [2.24, 2.45) is 0 Å². The molecule has 0 bridgehead atoms. The molecular weight excluding hydrogens is 326 g/mol. The second-order valence-electron chi connectivity index (χ2n) is 5.37. The number of methoxy groups -OCH3 is 1. The highest BCUT2D eigenvalue weighted by atomic mass is 32.1. The van der Waals surface area contributed by atoms with Crippen LogP contribution >= 0.6 is 11.3 Å². The lowest BCUT2D eigenvalue weighted by Gasteiger charge is -2.17. The molecule has 0 radical (unpaired) electrons. The lowest BCUT2D eigenvalue weighted by Crippen LogP contribution is -2.14. The number of amides is 1. The lowest BCUT2D eigenvalue weighted by molar-refractivity contribution is -0.112. The highest BCUT2D eigenvalue weighted by Gasteiger charge is 2.16. The van der Waals surface area contributed by atoms with Crippen molar-refractivity contribution in [2.75, 3.05) is 19.0 Å². The summed E-state index contributed by atoms with van der Waals surface area (Å²) in [7, 11) is 1.66. The maximum Gasteiger partial charge on any atom is 0.268 e. The first kappa shape index (κ1) is 17.8. The lowest BCUT2D eigenvalue weighted by atomic mass is 10.1. The van der Waals surface area contributed by atoms with Crippen LogP contribution in [-0.4, -0.2) is 34.4 Å². The van der Waals surface area contributed by atoms with E-state index in [9.17, 15) is 10.1 Å². The standard InChI is InChI=1S/C16H19N5O2S/c1-10-5-13(12(3)21(10)11(2)8-23-4)6-14(7-17)15(22)19-16-20-18-9-24-16/h5-6,9,11H,8H2,1-4H3,(H,19,20,22)/b14-6+. The number of aryl methyl sites for hydroxylation is 1. The summed E-state index contributed by atoms with van der Waals surface area (Å²) in [6, 6.07) is 4.06. The second-order valence-corrected chi connectivity index (χ2v) is 6.20. The van der Waals surface area contributed by atoms with E-state index in [1.807, 2.05) is 26.0 Å². The third-order valence-corrected chi connectivity index (χ3v) is 4.22. The molecule has 2 aromatic rings. The van der Waals surface area contributed by atoms with Crippen LogP contribution in [0.3, 0.4) is 0 Å². The Morgan fingerprint density at radius 3 is 2.92 bits per heavy atom. The van der Waals surface area contributed by atoms with E-state index >= 15 is 0 Å².